The summed E-state index contributed by atoms with van der Waals surface area (Å²) in [6.07, 6.45) is 0.389. The molecule has 0 saturated heterocycles. The number of benzene rings is 1. The third-order valence-corrected chi connectivity index (χ3v) is 2.99. The van der Waals surface area contributed by atoms with Crippen molar-refractivity contribution in [1.29, 1.82) is 0 Å². The Kier molecular flexibility index (Phi) is 3.14. The van der Waals surface area contributed by atoms with Gasteiger partial charge in [-0.1, -0.05) is 12.1 Å². The molecule has 0 aliphatic carbocycles. The molecule has 0 saturated carbocycles. The zero-order chi connectivity index (χ0) is 13.3. The first kappa shape index (κ1) is 12.3. The molecule has 94 valence electrons. The maximum Gasteiger partial charge on any atom is 0.287 e. The molecule has 0 fully saturated rings. The molecule has 1 aromatic rings. The average molecular weight is 246 g/mol. The minimum atomic E-state index is -0.594. The number of Topliss-reactive ketones (excluding diaryl/α,β-unsaturated/α-hetero) is 1. The number of rotatable bonds is 3. The molecule has 1 N–H and O–H groups in total. The van der Waals surface area contributed by atoms with Gasteiger partial charge in [0.15, 0.2) is 0 Å². The lowest BCUT2D eigenvalue weighted by atomic mass is 10.1. The van der Waals surface area contributed by atoms with E-state index in [9.17, 15) is 14.4 Å². The lowest BCUT2D eigenvalue weighted by Gasteiger charge is -2.10. The normalized spacial score (nSPS) is 13.4. The fourth-order valence-corrected chi connectivity index (χ4v) is 1.94. The first-order valence-corrected chi connectivity index (χ1v) is 5.66. The van der Waals surface area contributed by atoms with E-state index in [2.05, 4.69) is 5.32 Å². The molecule has 1 aliphatic rings. The lowest BCUT2D eigenvalue weighted by Crippen LogP contribution is -2.28. The summed E-state index contributed by atoms with van der Waals surface area (Å²) >= 11 is 0. The molecule has 0 atom stereocenters. The molecule has 2 amide bonds. The number of nitrogens with zero attached hydrogens (tertiary/aromatic N) is 1. The Morgan fingerprint density at radius 3 is 2.78 bits per heavy atom. The molecule has 0 radical (unpaired) electrons. The number of amides is 2. The van der Waals surface area contributed by atoms with Crippen LogP contribution < -0.4 is 10.2 Å². The Morgan fingerprint density at radius 2 is 2.11 bits per heavy atom. The Bertz CT molecular complexity index is 537. The number of hydrogen-bond acceptors (Lipinski definition) is 3. The number of carbonyl (C=O) groups is 3. The molecular weight excluding hydrogens is 232 g/mol. The zero-order valence-electron chi connectivity index (χ0n) is 10.3. The van der Waals surface area contributed by atoms with Gasteiger partial charge in [0.2, 0.25) is 11.7 Å². The van der Waals surface area contributed by atoms with Crippen molar-refractivity contribution in [1.82, 2.24) is 5.32 Å². The molecule has 0 unspecified atom stereocenters. The summed E-state index contributed by atoms with van der Waals surface area (Å²) in [5.74, 6) is -1.04. The lowest BCUT2D eigenvalue weighted by molar-refractivity contribution is -0.136. The Balaban J connectivity index is 2.09. The van der Waals surface area contributed by atoms with Gasteiger partial charge in [-0.15, -0.1) is 0 Å². The summed E-state index contributed by atoms with van der Waals surface area (Å²) in [6.45, 7) is 1.52. The van der Waals surface area contributed by atoms with Crippen LogP contribution >= 0.6 is 0 Å². The highest BCUT2D eigenvalue weighted by Crippen LogP contribution is 2.28. The highest BCUT2D eigenvalue weighted by atomic mass is 16.2. The SMILES string of the molecule is CC(=O)C(=O)NCc1ccc2c(c1)CC(=O)N2C. The van der Waals surface area contributed by atoms with Crippen LogP contribution in [0.1, 0.15) is 18.1 Å². The van der Waals surface area contributed by atoms with E-state index in [-0.39, 0.29) is 5.91 Å². The summed E-state index contributed by atoms with van der Waals surface area (Å²) in [6, 6.07) is 5.58. The van der Waals surface area contributed by atoms with E-state index < -0.39 is 11.7 Å². The molecule has 5 nitrogen and oxygen atoms in total. The molecule has 1 heterocycles. The van der Waals surface area contributed by atoms with Crippen molar-refractivity contribution in [2.75, 3.05) is 11.9 Å². The van der Waals surface area contributed by atoms with E-state index in [1.165, 1.54) is 6.92 Å². The second kappa shape index (κ2) is 4.60. The second-order valence-corrected chi connectivity index (χ2v) is 4.33. The standard InChI is InChI=1S/C13H14N2O3/c1-8(16)13(18)14-7-9-3-4-11-10(5-9)6-12(17)15(11)2/h3-5H,6-7H2,1-2H3,(H,14,18). The van der Waals surface area contributed by atoms with Gasteiger partial charge in [-0.3, -0.25) is 14.4 Å². The molecule has 1 aromatic carbocycles. The minimum absolute atomic E-state index is 0.0647. The van der Waals surface area contributed by atoms with Crippen LogP contribution in [0.2, 0.25) is 0 Å². The first-order chi connectivity index (χ1) is 8.49. The van der Waals surface area contributed by atoms with Gasteiger partial charge >= 0.3 is 0 Å². The minimum Gasteiger partial charge on any atom is -0.345 e. The predicted molar refractivity (Wildman–Crippen MR) is 66.1 cm³/mol. The summed E-state index contributed by atoms with van der Waals surface area (Å²) < 4.78 is 0. The van der Waals surface area contributed by atoms with Crippen molar-refractivity contribution in [3.63, 3.8) is 0 Å². The maximum atomic E-state index is 11.5. The van der Waals surface area contributed by atoms with Crippen molar-refractivity contribution in [3.05, 3.63) is 29.3 Å². The van der Waals surface area contributed by atoms with Gasteiger partial charge in [0.1, 0.15) is 0 Å². The van der Waals surface area contributed by atoms with Gasteiger partial charge in [-0.2, -0.15) is 0 Å². The molecule has 1 aliphatic heterocycles. The van der Waals surface area contributed by atoms with Gasteiger partial charge in [0, 0.05) is 26.2 Å². The number of fused-ring (bicyclic) bond motifs is 1. The van der Waals surface area contributed by atoms with Gasteiger partial charge in [-0.05, 0) is 17.2 Å². The molecule has 5 heteroatoms. The fraction of sp³-hybridized carbons (Fsp3) is 0.308. The number of hydrogen-bond donors (Lipinski definition) is 1. The number of anilines is 1. The summed E-state index contributed by atoms with van der Waals surface area (Å²) in [7, 11) is 1.74. The van der Waals surface area contributed by atoms with E-state index >= 15 is 0 Å². The number of carbonyl (C=O) groups excluding carboxylic acids is 3. The molecule has 0 aromatic heterocycles. The Labute approximate surface area is 105 Å². The molecule has 18 heavy (non-hydrogen) atoms. The number of likely N-dealkylation sites (N-methyl/N-ethyl adjacent to an activating group) is 1. The molecule has 2 rings (SSSR count). The van der Waals surface area contributed by atoms with Gasteiger partial charge in [0.05, 0.1) is 6.42 Å². The quantitative estimate of drug-likeness (QED) is 0.785. The van der Waals surface area contributed by atoms with Crippen molar-refractivity contribution in [2.24, 2.45) is 0 Å². The van der Waals surface area contributed by atoms with Crippen LogP contribution in [-0.2, 0) is 27.3 Å². The smallest absolute Gasteiger partial charge is 0.287 e. The van der Waals surface area contributed by atoms with Crippen LogP contribution in [-0.4, -0.2) is 24.6 Å². The van der Waals surface area contributed by atoms with Crippen LogP contribution in [0, 0.1) is 0 Å². The van der Waals surface area contributed by atoms with Crippen LogP contribution in [0.5, 0.6) is 0 Å². The largest absolute Gasteiger partial charge is 0.345 e. The van der Waals surface area contributed by atoms with E-state index in [1.54, 1.807) is 11.9 Å². The van der Waals surface area contributed by atoms with Gasteiger partial charge in [0.25, 0.3) is 5.91 Å². The van der Waals surface area contributed by atoms with E-state index in [0.29, 0.717) is 13.0 Å². The predicted octanol–water partition coefficient (Wildman–Crippen LogP) is 0.411. The van der Waals surface area contributed by atoms with Gasteiger partial charge in [-0.25, -0.2) is 0 Å². The van der Waals surface area contributed by atoms with Crippen molar-refractivity contribution in [3.8, 4) is 0 Å². The van der Waals surface area contributed by atoms with Gasteiger partial charge < -0.3 is 10.2 Å². The summed E-state index contributed by atoms with van der Waals surface area (Å²) in [5.41, 5.74) is 2.74. The van der Waals surface area contributed by atoms with Crippen molar-refractivity contribution in [2.45, 2.75) is 19.9 Å². The zero-order valence-corrected chi connectivity index (χ0v) is 10.3. The Morgan fingerprint density at radius 1 is 1.39 bits per heavy atom. The number of nitrogens with one attached hydrogen (secondary N) is 1. The van der Waals surface area contributed by atoms with Crippen molar-refractivity contribution < 1.29 is 14.4 Å². The molecular formula is C13H14N2O3. The van der Waals surface area contributed by atoms with Crippen LogP contribution in [0.3, 0.4) is 0 Å². The number of ketones is 1. The highest BCUT2D eigenvalue weighted by molar-refractivity contribution is 6.35. The topological polar surface area (TPSA) is 66.5 Å². The van der Waals surface area contributed by atoms with Crippen LogP contribution in [0.25, 0.3) is 0 Å². The van der Waals surface area contributed by atoms with E-state index in [0.717, 1.165) is 16.8 Å². The van der Waals surface area contributed by atoms with E-state index in [1.807, 2.05) is 18.2 Å². The molecule has 0 spiro atoms. The maximum absolute atomic E-state index is 11.5. The average Bonchev–Trinajstić information content (AvgIpc) is 2.61. The summed E-state index contributed by atoms with van der Waals surface area (Å²) in [5, 5.41) is 2.52. The van der Waals surface area contributed by atoms with Crippen LogP contribution in [0.15, 0.2) is 18.2 Å². The Hall–Kier alpha value is -2.17. The first-order valence-electron chi connectivity index (χ1n) is 5.66. The van der Waals surface area contributed by atoms with Crippen LogP contribution in [0.4, 0.5) is 5.69 Å². The second-order valence-electron chi connectivity index (χ2n) is 4.33. The third kappa shape index (κ3) is 2.25. The van der Waals surface area contributed by atoms with Crippen molar-refractivity contribution >= 4 is 23.3 Å². The monoisotopic (exact) mass is 246 g/mol. The molecule has 0 bridgehead atoms. The highest BCUT2D eigenvalue weighted by Gasteiger charge is 2.23. The third-order valence-electron chi connectivity index (χ3n) is 2.99. The fourth-order valence-electron chi connectivity index (χ4n) is 1.94. The summed E-state index contributed by atoms with van der Waals surface area (Å²) in [4.78, 5) is 35.0. The van der Waals surface area contributed by atoms with E-state index in [4.69, 9.17) is 0 Å².